The lowest BCUT2D eigenvalue weighted by Gasteiger charge is -2.12. The van der Waals surface area contributed by atoms with Gasteiger partial charge in [0, 0.05) is 12.5 Å². The smallest absolute Gasteiger partial charge is 0.143 e. The third-order valence-electron chi connectivity index (χ3n) is 2.75. The highest BCUT2D eigenvalue weighted by molar-refractivity contribution is 9.10. The van der Waals surface area contributed by atoms with Gasteiger partial charge in [0.05, 0.1) is 17.3 Å². The molecule has 2 heterocycles. The Morgan fingerprint density at radius 1 is 1.69 bits per heavy atom. The second-order valence-electron chi connectivity index (χ2n) is 4.17. The number of pyridine rings is 1. The first-order valence-electron chi connectivity index (χ1n) is 5.27. The lowest BCUT2D eigenvalue weighted by Crippen LogP contribution is -2.17. The molecule has 1 saturated heterocycles. The Morgan fingerprint density at radius 3 is 3.12 bits per heavy atom. The predicted octanol–water partition coefficient (Wildman–Crippen LogP) is 2.83. The molecule has 88 valence electrons. The number of ether oxygens (including phenoxy) is 1. The van der Waals surface area contributed by atoms with Crippen LogP contribution in [-0.2, 0) is 0 Å². The highest BCUT2D eigenvalue weighted by Gasteiger charge is 2.19. The van der Waals surface area contributed by atoms with Gasteiger partial charge in [-0.2, -0.15) is 0 Å². The van der Waals surface area contributed by atoms with E-state index in [4.69, 9.17) is 16.3 Å². The van der Waals surface area contributed by atoms with E-state index in [0.717, 1.165) is 29.9 Å². The summed E-state index contributed by atoms with van der Waals surface area (Å²) < 4.78 is 6.47. The fraction of sp³-hybridized carbons (Fsp3) is 0.545. The van der Waals surface area contributed by atoms with E-state index in [9.17, 15) is 0 Å². The van der Waals surface area contributed by atoms with Gasteiger partial charge in [-0.15, -0.1) is 0 Å². The van der Waals surface area contributed by atoms with Crippen molar-refractivity contribution < 1.29 is 4.74 Å². The Hall–Kier alpha value is -0.320. The number of likely N-dealkylation sites (tertiary alicyclic amines) is 1. The highest BCUT2D eigenvalue weighted by atomic mass is 79.9. The summed E-state index contributed by atoms with van der Waals surface area (Å²) >= 11 is 9.13. The van der Waals surface area contributed by atoms with E-state index in [0.29, 0.717) is 11.1 Å². The Kier molecular flexibility index (Phi) is 4.05. The molecular weight excluding hydrogens is 291 g/mol. The molecule has 0 spiro atoms. The van der Waals surface area contributed by atoms with Crippen molar-refractivity contribution in [2.24, 2.45) is 5.92 Å². The van der Waals surface area contributed by atoms with E-state index >= 15 is 0 Å². The van der Waals surface area contributed by atoms with E-state index in [1.165, 1.54) is 6.42 Å². The van der Waals surface area contributed by atoms with Crippen molar-refractivity contribution in [3.8, 4) is 5.75 Å². The van der Waals surface area contributed by atoms with Gasteiger partial charge in [0.2, 0.25) is 0 Å². The molecule has 0 bridgehead atoms. The van der Waals surface area contributed by atoms with Gasteiger partial charge in [0.1, 0.15) is 10.9 Å². The number of nitrogens with zero attached hydrogens (tertiary/aromatic N) is 2. The van der Waals surface area contributed by atoms with Crippen molar-refractivity contribution in [2.45, 2.75) is 6.42 Å². The van der Waals surface area contributed by atoms with E-state index in [1.807, 2.05) is 6.07 Å². The molecule has 1 fully saturated rings. The van der Waals surface area contributed by atoms with Crippen LogP contribution >= 0.6 is 27.5 Å². The summed E-state index contributed by atoms with van der Waals surface area (Å²) in [5, 5.41) is 0.466. The van der Waals surface area contributed by atoms with Crippen molar-refractivity contribution in [3.05, 3.63) is 21.9 Å². The van der Waals surface area contributed by atoms with E-state index in [-0.39, 0.29) is 0 Å². The molecule has 0 N–H and O–H groups in total. The van der Waals surface area contributed by atoms with Gasteiger partial charge in [-0.3, -0.25) is 0 Å². The van der Waals surface area contributed by atoms with Crippen LogP contribution in [-0.4, -0.2) is 36.6 Å². The molecule has 0 aliphatic carbocycles. The van der Waals surface area contributed by atoms with Gasteiger partial charge < -0.3 is 9.64 Å². The van der Waals surface area contributed by atoms with Crippen molar-refractivity contribution in [1.82, 2.24) is 9.88 Å². The first-order chi connectivity index (χ1) is 7.65. The third-order valence-corrected chi connectivity index (χ3v) is 3.88. The summed E-state index contributed by atoms with van der Waals surface area (Å²) in [6.45, 7) is 3.03. The molecule has 2 rings (SSSR count). The molecule has 1 aliphatic heterocycles. The summed E-state index contributed by atoms with van der Waals surface area (Å²) in [5.74, 6) is 1.39. The standard InChI is InChI=1S/C11H14BrClN2O/c1-15-3-2-8(6-15)7-16-9-4-10(12)11(13)14-5-9/h4-5,8H,2-3,6-7H2,1H3/t8-/m0/s1. The number of hydrogen-bond donors (Lipinski definition) is 0. The molecule has 1 aliphatic rings. The number of aromatic nitrogens is 1. The molecule has 1 aromatic rings. The fourth-order valence-corrected chi connectivity index (χ4v) is 2.29. The number of halogens is 2. The van der Waals surface area contributed by atoms with Crippen molar-refractivity contribution in [1.29, 1.82) is 0 Å². The zero-order valence-electron chi connectivity index (χ0n) is 9.12. The van der Waals surface area contributed by atoms with Crippen LogP contribution in [0.2, 0.25) is 5.15 Å². The maximum atomic E-state index is 5.81. The zero-order valence-corrected chi connectivity index (χ0v) is 11.5. The van der Waals surface area contributed by atoms with Crippen molar-refractivity contribution >= 4 is 27.5 Å². The highest BCUT2D eigenvalue weighted by Crippen LogP contribution is 2.25. The molecule has 5 heteroatoms. The maximum Gasteiger partial charge on any atom is 0.143 e. The average molecular weight is 306 g/mol. The molecular formula is C11H14BrClN2O. The molecule has 3 nitrogen and oxygen atoms in total. The maximum absolute atomic E-state index is 5.81. The first-order valence-corrected chi connectivity index (χ1v) is 6.44. The second-order valence-corrected chi connectivity index (χ2v) is 5.38. The SMILES string of the molecule is CN1CC[C@H](COc2cnc(Cl)c(Br)c2)C1. The van der Waals surface area contributed by atoms with Crippen LogP contribution in [0.5, 0.6) is 5.75 Å². The largest absolute Gasteiger partial charge is 0.492 e. The lowest BCUT2D eigenvalue weighted by atomic mass is 10.1. The van der Waals surface area contributed by atoms with Crippen LogP contribution in [0.3, 0.4) is 0 Å². The summed E-state index contributed by atoms with van der Waals surface area (Å²) in [6.07, 6.45) is 2.87. The summed E-state index contributed by atoms with van der Waals surface area (Å²) in [5.41, 5.74) is 0. The molecule has 0 saturated carbocycles. The van der Waals surface area contributed by atoms with Crippen LogP contribution in [0.15, 0.2) is 16.7 Å². The van der Waals surface area contributed by atoms with E-state index in [2.05, 4.69) is 32.9 Å². The number of hydrogen-bond acceptors (Lipinski definition) is 3. The van der Waals surface area contributed by atoms with E-state index < -0.39 is 0 Å². The molecule has 1 atom stereocenters. The van der Waals surface area contributed by atoms with Crippen LogP contribution < -0.4 is 4.74 Å². The molecule has 0 radical (unpaired) electrons. The molecule has 0 unspecified atom stereocenters. The first kappa shape index (κ1) is 12.1. The Morgan fingerprint density at radius 2 is 2.50 bits per heavy atom. The predicted molar refractivity (Wildman–Crippen MR) is 68.0 cm³/mol. The van der Waals surface area contributed by atoms with Gasteiger partial charge in [0.25, 0.3) is 0 Å². The van der Waals surface area contributed by atoms with Gasteiger partial charge in [-0.25, -0.2) is 4.98 Å². The van der Waals surface area contributed by atoms with Crippen LogP contribution in [0.25, 0.3) is 0 Å². The minimum absolute atomic E-state index is 0.466. The summed E-state index contributed by atoms with van der Waals surface area (Å²) in [6, 6.07) is 1.86. The average Bonchev–Trinajstić information content (AvgIpc) is 2.66. The fourth-order valence-electron chi connectivity index (χ4n) is 1.86. The van der Waals surface area contributed by atoms with Gasteiger partial charge in [0.15, 0.2) is 0 Å². The second kappa shape index (κ2) is 5.34. The molecule has 0 aromatic carbocycles. The van der Waals surface area contributed by atoms with E-state index in [1.54, 1.807) is 6.20 Å². The minimum atomic E-state index is 0.466. The third kappa shape index (κ3) is 3.09. The quantitative estimate of drug-likeness (QED) is 0.803. The molecule has 0 amide bonds. The summed E-state index contributed by atoms with van der Waals surface area (Å²) in [4.78, 5) is 6.35. The monoisotopic (exact) mass is 304 g/mol. The molecule has 16 heavy (non-hydrogen) atoms. The number of rotatable bonds is 3. The van der Waals surface area contributed by atoms with Crippen molar-refractivity contribution in [2.75, 3.05) is 26.7 Å². The van der Waals surface area contributed by atoms with Crippen LogP contribution in [0.1, 0.15) is 6.42 Å². The normalized spacial score (nSPS) is 21.3. The van der Waals surface area contributed by atoms with Crippen LogP contribution in [0, 0.1) is 5.92 Å². The van der Waals surface area contributed by atoms with Crippen LogP contribution in [0.4, 0.5) is 0 Å². The van der Waals surface area contributed by atoms with Gasteiger partial charge in [-0.1, -0.05) is 11.6 Å². The Labute approximate surface area is 109 Å². The minimum Gasteiger partial charge on any atom is -0.492 e. The Balaban J connectivity index is 1.87. The van der Waals surface area contributed by atoms with Gasteiger partial charge in [-0.05, 0) is 42.0 Å². The molecule has 1 aromatic heterocycles. The zero-order chi connectivity index (χ0) is 11.5. The summed E-state index contributed by atoms with van der Waals surface area (Å²) in [7, 11) is 2.14. The lowest BCUT2D eigenvalue weighted by molar-refractivity contribution is 0.248. The van der Waals surface area contributed by atoms with Crippen molar-refractivity contribution in [3.63, 3.8) is 0 Å². The Bertz CT molecular complexity index is 375. The van der Waals surface area contributed by atoms with Gasteiger partial charge >= 0.3 is 0 Å². The topological polar surface area (TPSA) is 25.4 Å².